The van der Waals surface area contributed by atoms with Crippen molar-refractivity contribution in [1.29, 1.82) is 0 Å². The van der Waals surface area contributed by atoms with Gasteiger partial charge in [-0.2, -0.15) is 0 Å². The first kappa shape index (κ1) is 58.3. The Morgan fingerprint density at radius 3 is 2.49 bits per heavy atom. The van der Waals surface area contributed by atoms with E-state index in [-0.39, 0.29) is 48.4 Å². The monoisotopic (exact) mass is 1110 g/mol. The Morgan fingerprint density at radius 2 is 1.69 bits per heavy atom. The Bertz CT molecular complexity index is 2400. The van der Waals surface area contributed by atoms with E-state index in [1.54, 1.807) is 6.07 Å². The SMILES string of the molecule is CNC[C@H](NC[C@H](C)O)[C@H]1c2cc([C@@H](O)COc3cc(CCc4cc(CO)c(CC[C@@H]5CC[C@@H]6[C@@H]7CC[C@H](C)[C@@H](N=C(N)NC8CCCCC8)CSSC[C@@H]6[C@H](N)C[C@H]7C5)o4)ccc3O)[nH]c2CC2(CCCC2)[C@H]2CCC[C@@H]12. The van der Waals surface area contributed by atoms with Crippen LogP contribution in [0.2, 0.25) is 0 Å². The molecular weight excluding hydrogens is 1010 g/mol. The van der Waals surface area contributed by atoms with E-state index in [9.17, 15) is 20.4 Å². The van der Waals surface area contributed by atoms with E-state index in [2.05, 4.69) is 33.9 Å². The molecule has 15 heteroatoms. The van der Waals surface area contributed by atoms with Gasteiger partial charge in [-0.25, -0.2) is 4.99 Å². The summed E-state index contributed by atoms with van der Waals surface area (Å²) in [6.45, 7) is 5.54. The highest BCUT2D eigenvalue weighted by Gasteiger charge is 2.53. The van der Waals surface area contributed by atoms with E-state index in [4.69, 9.17) is 25.6 Å². The number of rotatable bonds is 19. The maximum atomic E-state index is 11.8. The number of furan rings is 1. The number of nitrogens with one attached hydrogen (secondary N) is 4. The predicted octanol–water partition coefficient (Wildman–Crippen LogP) is 10.2. The van der Waals surface area contributed by atoms with Gasteiger partial charge < -0.3 is 62.0 Å². The summed E-state index contributed by atoms with van der Waals surface area (Å²) < 4.78 is 12.8. The maximum Gasteiger partial charge on any atom is 0.189 e. The first-order valence-corrected chi connectivity index (χ1v) is 33.6. The van der Waals surface area contributed by atoms with E-state index >= 15 is 0 Å². The number of aromatic hydroxyl groups is 1. The Balaban J connectivity index is 0.750. The summed E-state index contributed by atoms with van der Waals surface area (Å²) >= 11 is 0. The van der Waals surface area contributed by atoms with E-state index in [0.29, 0.717) is 84.5 Å². The number of guanidine groups is 1. The summed E-state index contributed by atoms with van der Waals surface area (Å²) in [7, 11) is 6.01. The van der Waals surface area contributed by atoms with E-state index in [1.807, 2.05) is 53.8 Å². The van der Waals surface area contributed by atoms with Gasteiger partial charge >= 0.3 is 0 Å². The number of likely N-dealkylation sites (N-methyl/N-ethyl adjacent to an activating group) is 1. The highest BCUT2D eigenvalue weighted by molar-refractivity contribution is 8.76. The van der Waals surface area contributed by atoms with Crippen molar-refractivity contribution in [2.75, 3.05) is 38.2 Å². The topological polar surface area (TPSA) is 220 Å². The van der Waals surface area contributed by atoms with E-state index in [0.717, 1.165) is 72.1 Å². The number of hydrogen-bond donors (Lipinski definition) is 10. The van der Waals surface area contributed by atoms with Crippen molar-refractivity contribution in [1.82, 2.24) is 20.9 Å². The summed E-state index contributed by atoms with van der Waals surface area (Å²) in [5.41, 5.74) is 19.2. The number of aromatic nitrogens is 1. The third-order valence-corrected chi connectivity index (χ3v) is 23.4. The van der Waals surface area contributed by atoms with Crippen LogP contribution in [-0.2, 0) is 32.3 Å². The molecule has 0 radical (unpaired) electrons. The molecule has 14 atom stereocenters. The molecule has 1 spiro atoms. The van der Waals surface area contributed by atoms with Gasteiger partial charge in [0.05, 0.1) is 18.8 Å². The first-order valence-electron chi connectivity index (χ1n) is 31.1. The molecule has 6 fully saturated rings. The number of hydrogen-bond acceptors (Lipinski definition) is 12. The zero-order valence-electron chi connectivity index (χ0n) is 47.6. The number of ether oxygens (including phenoxy) is 1. The number of aromatic amines is 1. The molecule has 78 heavy (non-hydrogen) atoms. The van der Waals surface area contributed by atoms with Crippen molar-refractivity contribution < 1.29 is 29.6 Å². The number of benzene rings is 1. The summed E-state index contributed by atoms with van der Waals surface area (Å²) in [6.07, 6.45) is 25.2. The quantitative estimate of drug-likeness (QED) is 0.0307. The summed E-state index contributed by atoms with van der Waals surface area (Å²) in [6, 6.07) is 10.8. The molecule has 1 aromatic carbocycles. The van der Waals surface area contributed by atoms with Crippen LogP contribution in [0.3, 0.4) is 0 Å². The number of aryl methyl sites for hydroxylation is 3. The van der Waals surface area contributed by atoms with Gasteiger partial charge in [0.2, 0.25) is 0 Å². The summed E-state index contributed by atoms with van der Waals surface area (Å²) in [5, 5.41) is 54.5. The summed E-state index contributed by atoms with van der Waals surface area (Å²) in [5.74, 6) is 10.0. The molecule has 12 N–H and O–H groups in total. The number of aliphatic hydroxyl groups is 3. The lowest BCUT2D eigenvalue weighted by atomic mass is 9.62. The van der Waals surface area contributed by atoms with Crippen molar-refractivity contribution in [3.05, 3.63) is 69.9 Å². The van der Waals surface area contributed by atoms with Crippen LogP contribution in [0.15, 0.2) is 39.7 Å². The highest BCUT2D eigenvalue weighted by Crippen LogP contribution is 2.61. The van der Waals surface area contributed by atoms with Crippen LogP contribution >= 0.6 is 21.6 Å². The lowest BCUT2D eigenvalue weighted by Crippen LogP contribution is -2.47. The minimum Gasteiger partial charge on any atom is -0.504 e. The van der Waals surface area contributed by atoms with Gasteiger partial charge in [-0.15, -0.1) is 0 Å². The lowest BCUT2D eigenvalue weighted by Gasteiger charge is -2.46. The molecule has 434 valence electrons. The fourth-order valence-electron chi connectivity index (χ4n) is 17.0. The van der Waals surface area contributed by atoms with Crippen LogP contribution in [-0.4, -0.2) is 99.9 Å². The molecule has 7 aliphatic rings. The van der Waals surface area contributed by atoms with Gasteiger partial charge in [-0.3, -0.25) is 0 Å². The fourth-order valence-corrected chi connectivity index (χ4v) is 19.8. The van der Waals surface area contributed by atoms with Crippen LogP contribution in [0.5, 0.6) is 11.5 Å². The standard InChI is InChI=1S/C63H99N7O6S2/c1-38-14-20-46-42-26-40(16-21-47(46)50(52(64)29-42)36-77-78-37-56(38)70-62(65)68-44-10-5-4-6-11-44)18-23-59-43(34-71)28-45(76-59)19-15-41-17-22-57(73)60(27-41)75-35-58(74)53-30-49-54(69-53)31-63(24-7-8-25-63)51-13-9-12-48(51)61(49)55(33-66-3)67-32-39(2)72/h17,22,27-28,30,38-40,42,44,46-48,50-52,55-56,58,61,66-67,69,71-74H,4-16,18-21,23-26,29,31-37,64H2,1-3H3,(H3,65,68,70)/t38-,39-,40-,42+,46+,47+,48+,50-,51-,52+,55-,56-,58-,61+/m0/s1. The normalized spacial score (nSPS) is 31.8. The number of fused-ring (bicyclic) bond motifs is 3. The van der Waals surface area contributed by atoms with Gasteiger partial charge in [0.1, 0.15) is 24.2 Å². The van der Waals surface area contributed by atoms with Crippen LogP contribution in [0.1, 0.15) is 187 Å². The van der Waals surface area contributed by atoms with Crippen molar-refractivity contribution in [3.8, 4) is 11.5 Å². The number of phenolic OH excluding ortho intramolecular Hbond substituents is 1. The van der Waals surface area contributed by atoms with Crippen molar-refractivity contribution in [3.63, 3.8) is 0 Å². The lowest BCUT2D eigenvalue weighted by molar-refractivity contribution is 0.0716. The molecule has 1 aliphatic heterocycles. The second kappa shape index (κ2) is 27.0. The molecule has 13 nitrogen and oxygen atoms in total. The van der Waals surface area contributed by atoms with Crippen LogP contribution in [0, 0.1) is 52.8 Å². The number of aliphatic imine (C=N–C) groups is 1. The Kier molecular flexibility index (Phi) is 20.2. The number of nitrogens with zero attached hydrogens (tertiary/aromatic N) is 1. The van der Waals surface area contributed by atoms with Crippen LogP contribution in [0.4, 0.5) is 0 Å². The van der Waals surface area contributed by atoms with Crippen molar-refractivity contribution in [2.24, 2.45) is 69.2 Å². The first-order chi connectivity index (χ1) is 37.9. The van der Waals surface area contributed by atoms with Gasteiger partial charge in [0.25, 0.3) is 0 Å². The smallest absolute Gasteiger partial charge is 0.189 e. The largest absolute Gasteiger partial charge is 0.504 e. The van der Waals surface area contributed by atoms with Gasteiger partial charge in [-0.05, 0) is 192 Å². The number of aliphatic hydroxyl groups excluding tert-OH is 3. The second-order valence-corrected chi connectivity index (χ2v) is 28.6. The van der Waals surface area contributed by atoms with Crippen molar-refractivity contribution >= 4 is 27.5 Å². The molecule has 2 aromatic heterocycles. The molecule has 0 unspecified atom stereocenters. The molecular formula is C63H99N7O6S2. The van der Waals surface area contributed by atoms with E-state index < -0.39 is 12.2 Å². The Morgan fingerprint density at radius 1 is 0.885 bits per heavy atom. The second-order valence-electron chi connectivity index (χ2n) is 26.1. The predicted molar refractivity (Wildman–Crippen MR) is 318 cm³/mol. The maximum absolute atomic E-state index is 11.8. The molecule has 5 saturated carbocycles. The molecule has 3 heterocycles. The zero-order chi connectivity index (χ0) is 54.3. The molecule has 3 aromatic rings. The Labute approximate surface area is 475 Å². The highest BCUT2D eigenvalue weighted by atomic mass is 33.1. The molecule has 4 bridgehead atoms. The van der Waals surface area contributed by atoms with Crippen molar-refractivity contribution in [2.45, 2.75) is 210 Å². The minimum atomic E-state index is -0.913. The zero-order valence-corrected chi connectivity index (χ0v) is 49.2. The molecule has 0 amide bonds. The molecule has 1 saturated heterocycles. The molecule has 10 rings (SSSR count). The van der Waals surface area contributed by atoms with Crippen LogP contribution < -0.4 is 32.2 Å². The van der Waals surface area contributed by atoms with Crippen LogP contribution in [0.25, 0.3) is 0 Å². The molecule has 6 aliphatic carbocycles. The number of nitrogens with two attached hydrogens (primary N) is 2. The summed E-state index contributed by atoms with van der Waals surface area (Å²) in [4.78, 5) is 8.91. The third-order valence-electron chi connectivity index (χ3n) is 21.0. The third kappa shape index (κ3) is 13.8. The van der Waals surface area contributed by atoms with Gasteiger partial charge in [-0.1, -0.05) is 79.5 Å². The van der Waals surface area contributed by atoms with Gasteiger partial charge in [0.15, 0.2) is 17.5 Å². The number of phenols is 1. The minimum absolute atomic E-state index is 0.00195. The average Bonchev–Trinajstić information content (AvgIpc) is 4.46. The van der Waals surface area contributed by atoms with E-state index in [1.165, 1.54) is 120 Å². The number of H-pyrrole nitrogens is 1. The Hall–Kier alpha value is -2.89. The average molecular weight is 1110 g/mol. The fraction of sp³-hybridized carbons (Fsp3) is 0.762. The van der Waals surface area contributed by atoms with Gasteiger partial charge in [0, 0.05) is 78.4 Å².